The van der Waals surface area contributed by atoms with E-state index in [1.54, 1.807) is 36.9 Å². The van der Waals surface area contributed by atoms with Gasteiger partial charge in [0.2, 0.25) is 11.8 Å². The number of halogens is 3. The Morgan fingerprint density at radius 2 is 1.61 bits per heavy atom. The SMILES string of the molecule is CC(C(=O)NC(C)(C)C)N(Cc1c(Cl)cccc1Cl)C(=O)CCSc1ccc(Cl)cc1. The second kappa shape index (κ2) is 11.5. The molecule has 8 heteroatoms. The zero-order valence-electron chi connectivity index (χ0n) is 18.0. The number of benzene rings is 2. The minimum Gasteiger partial charge on any atom is -0.350 e. The van der Waals surface area contributed by atoms with Crippen molar-refractivity contribution in [3.63, 3.8) is 0 Å². The van der Waals surface area contributed by atoms with E-state index in [0.717, 1.165) is 4.90 Å². The van der Waals surface area contributed by atoms with Crippen molar-refractivity contribution in [3.05, 3.63) is 63.1 Å². The average Bonchev–Trinajstić information content (AvgIpc) is 2.67. The molecule has 2 rings (SSSR count). The normalized spacial score (nSPS) is 12.4. The molecule has 1 unspecified atom stereocenters. The topological polar surface area (TPSA) is 49.4 Å². The molecule has 0 fully saturated rings. The highest BCUT2D eigenvalue weighted by Crippen LogP contribution is 2.27. The monoisotopic (exact) mass is 500 g/mol. The molecule has 4 nitrogen and oxygen atoms in total. The lowest BCUT2D eigenvalue weighted by atomic mass is 10.1. The summed E-state index contributed by atoms with van der Waals surface area (Å²) < 4.78 is 0. The van der Waals surface area contributed by atoms with E-state index in [4.69, 9.17) is 34.8 Å². The molecule has 0 spiro atoms. The molecule has 0 radical (unpaired) electrons. The van der Waals surface area contributed by atoms with Crippen molar-refractivity contribution in [2.45, 2.75) is 57.1 Å². The van der Waals surface area contributed by atoms with E-state index in [-0.39, 0.29) is 24.8 Å². The molecule has 0 aromatic heterocycles. The van der Waals surface area contributed by atoms with Gasteiger partial charge in [0.15, 0.2) is 0 Å². The van der Waals surface area contributed by atoms with Crippen molar-refractivity contribution < 1.29 is 9.59 Å². The number of carbonyl (C=O) groups excluding carboxylic acids is 2. The van der Waals surface area contributed by atoms with E-state index in [0.29, 0.717) is 26.4 Å². The molecule has 0 aliphatic rings. The van der Waals surface area contributed by atoms with E-state index in [9.17, 15) is 9.59 Å². The lowest BCUT2D eigenvalue weighted by Gasteiger charge is -2.32. The van der Waals surface area contributed by atoms with E-state index < -0.39 is 11.6 Å². The molecule has 0 saturated heterocycles. The summed E-state index contributed by atoms with van der Waals surface area (Å²) in [6, 6.07) is 12.0. The van der Waals surface area contributed by atoms with Gasteiger partial charge in [-0.05, 0) is 64.1 Å². The third kappa shape index (κ3) is 8.23. The Morgan fingerprint density at radius 3 is 2.16 bits per heavy atom. The lowest BCUT2D eigenvalue weighted by Crippen LogP contribution is -2.52. The summed E-state index contributed by atoms with van der Waals surface area (Å²) in [7, 11) is 0. The fraction of sp³-hybridized carbons (Fsp3) is 0.391. The van der Waals surface area contributed by atoms with E-state index >= 15 is 0 Å². The van der Waals surface area contributed by atoms with Crippen LogP contribution >= 0.6 is 46.6 Å². The van der Waals surface area contributed by atoms with Gasteiger partial charge in [-0.2, -0.15) is 0 Å². The van der Waals surface area contributed by atoms with Crippen LogP contribution in [0.3, 0.4) is 0 Å². The van der Waals surface area contributed by atoms with Gasteiger partial charge in [0, 0.05) is 49.8 Å². The summed E-state index contributed by atoms with van der Waals surface area (Å²) in [4.78, 5) is 28.5. The Kier molecular flexibility index (Phi) is 9.56. The summed E-state index contributed by atoms with van der Waals surface area (Å²) in [6.45, 7) is 7.57. The van der Waals surface area contributed by atoms with Gasteiger partial charge in [-0.1, -0.05) is 40.9 Å². The number of carbonyl (C=O) groups is 2. The van der Waals surface area contributed by atoms with Crippen LogP contribution in [-0.4, -0.2) is 34.0 Å². The van der Waals surface area contributed by atoms with Gasteiger partial charge in [-0.3, -0.25) is 9.59 Å². The molecule has 2 aromatic carbocycles. The molecule has 2 amide bonds. The Morgan fingerprint density at radius 1 is 1.03 bits per heavy atom. The molecule has 0 heterocycles. The number of hydrogen-bond donors (Lipinski definition) is 1. The van der Waals surface area contributed by atoms with E-state index in [1.165, 1.54) is 4.90 Å². The minimum absolute atomic E-state index is 0.144. The third-order valence-electron chi connectivity index (χ3n) is 4.45. The Bertz CT molecular complexity index is 894. The first kappa shape index (κ1) is 25.9. The summed E-state index contributed by atoms with van der Waals surface area (Å²) in [5.74, 6) is 0.198. The molecular formula is C23H27Cl3N2O2S. The van der Waals surface area contributed by atoms with Gasteiger partial charge in [-0.15, -0.1) is 11.8 Å². The van der Waals surface area contributed by atoms with Crippen LogP contribution < -0.4 is 5.32 Å². The maximum atomic E-state index is 13.2. The predicted molar refractivity (Wildman–Crippen MR) is 131 cm³/mol. The summed E-state index contributed by atoms with van der Waals surface area (Å²) in [5, 5.41) is 4.53. The maximum absolute atomic E-state index is 13.2. The van der Waals surface area contributed by atoms with Crippen LogP contribution in [0.4, 0.5) is 0 Å². The number of rotatable bonds is 8. The highest BCUT2D eigenvalue weighted by molar-refractivity contribution is 7.99. The van der Waals surface area contributed by atoms with Crippen molar-refractivity contribution >= 4 is 58.4 Å². The standard InChI is InChI=1S/C23H27Cl3N2O2S/c1-15(22(30)27-23(2,3)4)28(14-18-19(25)6-5-7-20(18)26)21(29)12-13-31-17-10-8-16(24)9-11-17/h5-11,15H,12-14H2,1-4H3,(H,27,30). The second-order valence-corrected chi connectivity index (χ2v) is 10.6. The van der Waals surface area contributed by atoms with Crippen LogP contribution in [0.5, 0.6) is 0 Å². The van der Waals surface area contributed by atoms with Gasteiger partial charge in [0.25, 0.3) is 0 Å². The average molecular weight is 502 g/mol. The Balaban J connectivity index is 2.16. The van der Waals surface area contributed by atoms with Crippen LogP contribution in [0.15, 0.2) is 47.4 Å². The van der Waals surface area contributed by atoms with Crippen LogP contribution in [0, 0.1) is 0 Å². The smallest absolute Gasteiger partial charge is 0.242 e. The van der Waals surface area contributed by atoms with Crippen LogP contribution in [-0.2, 0) is 16.1 Å². The molecular weight excluding hydrogens is 475 g/mol. The largest absolute Gasteiger partial charge is 0.350 e. The molecule has 31 heavy (non-hydrogen) atoms. The highest BCUT2D eigenvalue weighted by atomic mass is 35.5. The third-order valence-corrected chi connectivity index (χ3v) is 6.43. The Hall–Kier alpha value is -1.40. The molecule has 1 atom stereocenters. The molecule has 0 aliphatic heterocycles. The molecule has 0 aliphatic carbocycles. The molecule has 168 valence electrons. The number of nitrogens with zero attached hydrogens (tertiary/aromatic N) is 1. The van der Waals surface area contributed by atoms with Crippen molar-refractivity contribution in [1.29, 1.82) is 0 Å². The fourth-order valence-corrected chi connectivity index (χ4v) is 4.32. The molecule has 0 bridgehead atoms. The first-order chi connectivity index (χ1) is 14.5. The van der Waals surface area contributed by atoms with Gasteiger partial charge in [0.1, 0.15) is 6.04 Å². The Labute approximate surface area is 203 Å². The molecule has 1 N–H and O–H groups in total. The number of hydrogen-bond acceptors (Lipinski definition) is 3. The quantitative estimate of drug-likeness (QED) is 0.422. The first-order valence-electron chi connectivity index (χ1n) is 9.90. The minimum atomic E-state index is -0.681. The van der Waals surface area contributed by atoms with Crippen molar-refractivity contribution in [1.82, 2.24) is 10.2 Å². The van der Waals surface area contributed by atoms with Crippen LogP contribution in [0.2, 0.25) is 15.1 Å². The van der Waals surface area contributed by atoms with Crippen molar-refractivity contribution in [2.75, 3.05) is 5.75 Å². The lowest BCUT2D eigenvalue weighted by molar-refractivity contribution is -0.140. The van der Waals surface area contributed by atoms with Gasteiger partial charge in [-0.25, -0.2) is 0 Å². The molecule has 0 saturated carbocycles. The number of amides is 2. The van der Waals surface area contributed by atoms with E-state index in [2.05, 4.69) is 5.32 Å². The summed E-state index contributed by atoms with van der Waals surface area (Å²) in [6.07, 6.45) is 0.266. The van der Waals surface area contributed by atoms with Crippen molar-refractivity contribution in [2.24, 2.45) is 0 Å². The highest BCUT2D eigenvalue weighted by Gasteiger charge is 2.29. The fourth-order valence-electron chi connectivity index (χ4n) is 2.84. The first-order valence-corrected chi connectivity index (χ1v) is 12.0. The zero-order valence-corrected chi connectivity index (χ0v) is 21.1. The molecule has 2 aromatic rings. The maximum Gasteiger partial charge on any atom is 0.242 e. The number of thioether (sulfide) groups is 1. The van der Waals surface area contributed by atoms with Gasteiger partial charge >= 0.3 is 0 Å². The van der Waals surface area contributed by atoms with Crippen LogP contribution in [0.25, 0.3) is 0 Å². The van der Waals surface area contributed by atoms with Crippen molar-refractivity contribution in [3.8, 4) is 0 Å². The predicted octanol–water partition coefficient (Wildman–Crippen LogP) is 6.46. The van der Waals surface area contributed by atoms with Gasteiger partial charge < -0.3 is 10.2 Å². The second-order valence-electron chi connectivity index (χ2n) is 8.19. The van der Waals surface area contributed by atoms with Gasteiger partial charge in [0.05, 0.1) is 0 Å². The number of nitrogens with one attached hydrogen (secondary N) is 1. The van der Waals surface area contributed by atoms with Crippen LogP contribution in [0.1, 0.15) is 39.7 Å². The van der Waals surface area contributed by atoms with E-state index in [1.807, 2.05) is 45.0 Å². The summed E-state index contributed by atoms with van der Waals surface area (Å²) in [5.41, 5.74) is 0.215. The zero-order chi connectivity index (χ0) is 23.2. The summed E-state index contributed by atoms with van der Waals surface area (Å²) >= 11 is 20.1.